The number of fused-ring (bicyclic) bond motifs is 2. The van der Waals surface area contributed by atoms with E-state index >= 15 is 0 Å². The summed E-state index contributed by atoms with van der Waals surface area (Å²) in [5.41, 5.74) is 15.1. The van der Waals surface area contributed by atoms with Crippen molar-refractivity contribution in [3.05, 3.63) is 193 Å². The van der Waals surface area contributed by atoms with Crippen LogP contribution >= 0.6 is 11.6 Å². The fourth-order valence-corrected chi connectivity index (χ4v) is 18.2. The molecule has 9 rings (SSSR count). The number of hydrogen-bond donors (Lipinski definition) is 0. The Bertz CT molecular complexity index is 3030. The summed E-state index contributed by atoms with van der Waals surface area (Å²) in [6, 6.07) is 65.7. The van der Waals surface area contributed by atoms with Gasteiger partial charge >= 0.3 is 0 Å². The van der Waals surface area contributed by atoms with E-state index in [0.29, 0.717) is 5.02 Å². The first-order valence-corrected chi connectivity index (χ1v) is 28.0. The van der Waals surface area contributed by atoms with E-state index in [0.717, 1.165) is 88.8 Å². The molecule has 0 amide bonds. The molecule has 2 nitrogen and oxygen atoms in total. The summed E-state index contributed by atoms with van der Waals surface area (Å²) >= 11 is 16.1. The van der Waals surface area contributed by atoms with Crippen LogP contribution in [0.3, 0.4) is 0 Å². The van der Waals surface area contributed by atoms with Gasteiger partial charge in [0.1, 0.15) is 0 Å². The summed E-state index contributed by atoms with van der Waals surface area (Å²) < 4.78 is 0. The van der Waals surface area contributed by atoms with Gasteiger partial charge in [-0.15, -0.1) is 0 Å². The molecule has 0 bridgehead atoms. The largest absolute Gasteiger partial charge is 0.248 e. The van der Waals surface area contributed by atoms with Crippen molar-refractivity contribution in [1.82, 2.24) is 9.97 Å². The first-order valence-electron chi connectivity index (χ1n) is 18.3. The second kappa shape index (κ2) is 20.1. The second-order valence-electron chi connectivity index (χ2n) is 13.2. The van der Waals surface area contributed by atoms with E-state index in [2.05, 4.69) is 186 Å². The van der Waals surface area contributed by atoms with Gasteiger partial charge in [0.2, 0.25) is 0 Å². The van der Waals surface area contributed by atoms with Gasteiger partial charge in [0.05, 0.1) is 22.4 Å². The Morgan fingerprint density at radius 2 is 0.695 bits per heavy atom. The van der Waals surface area contributed by atoms with E-state index < -0.39 is 0 Å². The lowest BCUT2D eigenvalue weighted by Crippen LogP contribution is -1.90. The topological polar surface area (TPSA) is 25.8 Å². The fourth-order valence-electron chi connectivity index (χ4n) is 7.01. The smallest absolute Gasteiger partial charge is 0.0709 e. The van der Waals surface area contributed by atoms with Gasteiger partial charge in [-0.1, -0.05) is 157 Å². The molecule has 0 fully saturated rings. The average molecular weight is 928 g/mol. The minimum Gasteiger partial charge on any atom is -0.248 e. The van der Waals surface area contributed by atoms with Crippen LogP contribution in [-0.4, -0.2) is 9.97 Å². The molecule has 0 spiro atoms. The molecule has 0 atom stereocenters. The Morgan fingerprint density at radius 3 is 1.10 bits per heavy atom. The van der Waals surface area contributed by atoms with Crippen LogP contribution in [0.5, 0.6) is 0 Å². The molecule has 0 aliphatic heterocycles. The molecule has 0 radical (unpaired) electrons. The molecular weight excluding hydrogens is 897 g/mol. The third-order valence-corrected chi connectivity index (χ3v) is 21.0. The van der Waals surface area contributed by atoms with E-state index in [-0.39, 0.29) is 0 Å². The lowest BCUT2D eigenvalue weighted by atomic mass is 9.90. The number of rotatable bonds is 6. The zero-order valence-electron chi connectivity index (χ0n) is 30.9. The van der Waals surface area contributed by atoms with Crippen molar-refractivity contribution < 1.29 is 0 Å². The van der Waals surface area contributed by atoms with Crippen LogP contribution in [0.2, 0.25) is 5.02 Å². The van der Waals surface area contributed by atoms with E-state index in [1.54, 1.807) is 35.5 Å². The highest BCUT2D eigenvalue weighted by Gasteiger charge is 2.14. The zero-order chi connectivity index (χ0) is 40.4. The lowest BCUT2D eigenvalue weighted by molar-refractivity contribution is 1.40. The SMILES string of the molecule is Clc1cc(-c2ccccc2-c2ccc(-c3ccc4ccccc4n3)cc2)cc(-c2ccccc2-c2ccc(-c3ccc4ccccc4n3)cc2)c1.S=S=S=S=S=S=S=S. The highest BCUT2D eigenvalue weighted by atomic mass is 35.5. The molecule has 0 N–H and O–H groups in total. The number of hydrogen-bond acceptors (Lipinski definition) is 4. The molecule has 9 aromatic rings. The molecule has 288 valence electrons. The maximum Gasteiger partial charge on any atom is 0.0709 e. The minimum atomic E-state index is 0.697. The van der Waals surface area contributed by atoms with Crippen LogP contribution in [0, 0.1) is 0 Å². The van der Waals surface area contributed by atoms with Crippen molar-refractivity contribution in [3.8, 4) is 67.0 Å². The van der Waals surface area contributed by atoms with Gasteiger partial charge in [-0.25, -0.2) is 9.97 Å². The molecule has 59 heavy (non-hydrogen) atoms. The van der Waals surface area contributed by atoms with Crippen LogP contribution in [0.25, 0.3) is 88.8 Å². The van der Waals surface area contributed by atoms with Crippen molar-refractivity contribution in [3.63, 3.8) is 0 Å². The molecule has 2 aromatic heterocycles. The van der Waals surface area contributed by atoms with Crippen molar-refractivity contribution in [2.45, 2.75) is 0 Å². The predicted octanol–water partition coefficient (Wildman–Crippen LogP) is 13.4. The Balaban J connectivity index is 0.000000551. The molecule has 0 aliphatic rings. The second-order valence-corrected chi connectivity index (χ2v) is 24.2. The van der Waals surface area contributed by atoms with E-state index in [1.807, 2.05) is 24.3 Å². The quantitative estimate of drug-likeness (QED) is 0.166. The summed E-state index contributed by atoms with van der Waals surface area (Å²) in [6.07, 6.45) is 0. The summed E-state index contributed by atoms with van der Waals surface area (Å²) in [5.74, 6) is 0. The third kappa shape index (κ3) is 10.1. The number of halogens is 1. The number of aromatic nitrogens is 2. The monoisotopic (exact) mass is 926 g/mol. The van der Waals surface area contributed by atoms with Crippen molar-refractivity contribution in [2.24, 2.45) is 0 Å². The van der Waals surface area contributed by atoms with Gasteiger partial charge in [-0.3, -0.25) is 0 Å². The van der Waals surface area contributed by atoms with E-state index in [9.17, 15) is 0 Å². The third-order valence-electron chi connectivity index (χ3n) is 9.69. The van der Waals surface area contributed by atoms with Crippen LogP contribution in [0.4, 0.5) is 0 Å². The van der Waals surface area contributed by atoms with Gasteiger partial charge in [0.15, 0.2) is 0 Å². The van der Waals surface area contributed by atoms with Gasteiger partial charge < -0.3 is 0 Å². The number of para-hydroxylation sites is 2. The first-order chi connectivity index (χ1) is 29.1. The lowest BCUT2D eigenvalue weighted by Gasteiger charge is -2.15. The summed E-state index contributed by atoms with van der Waals surface area (Å²) in [7, 11) is 9.12. The molecular formula is C48H31ClN2S8. The van der Waals surface area contributed by atoms with Gasteiger partial charge in [-0.2, -0.15) is 0 Å². The minimum absolute atomic E-state index is 0.697. The molecule has 0 aliphatic carbocycles. The Labute approximate surface area is 375 Å². The number of benzene rings is 7. The number of nitrogens with zero attached hydrogens (tertiary/aromatic N) is 2. The average Bonchev–Trinajstić information content (AvgIpc) is 3.30. The first kappa shape index (κ1) is 41.2. The molecule has 11 heteroatoms. The summed E-state index contributed by atoms with van der Waals surface area (Å²) in [6.45, 7) is 0. The van der Waals surface area contributed by atoms with Crippen LogP contribution in [0.1, 0.15) is 0 Å². The van der Waals surface area contributed by atoms with Crippen LogP contribution in [-0.2, 0) is 75.7 Å². The van der Waals surface area contributed by atoms with Gasteiger partial charge in [0, 0.05) is 103 Å². The van der Waals surface area contributed by atoms with Gasteiger partial charge in [0.25, 0.3) is 0 Å². The van der Waals surface area contributed by atoms with Crippen LogP contribution < -0.4 is 0 Å². The summed E-state index contributed by atoms with van der Waals surface area (Å²) in [4.78, 5) is 9.80. The number of pyridine rings is 2. The molecule has 0 unspecified atom stereocenters. The maximum atomic E-state index is 6.89. The Morgan fingerprint density at radius 1 is 0.339 bits per heavy atom. The van der Waals surface area contributed by atoms with Crippen molar-refractivity contribution in [2.75, 3.05) is 0 Å². The van der Waals surface area contributed by atoms with Gasteiger partial charge in [-0.05, 0) is 87.0 Å². The zero-order valence-corrected chi connectivity index (χ0v) is 38.2. The Hall–Kier alpha value is -4.59. The predicted molar refractivity (Wildman–Crippen MR) is 274 cm³/mol. The fraction of sp³-hybridized carbons (Fsp3) is 0. The maximum absolute atomic E-state index is 6.89. The Kier molecular flexibility index (Phi) is 14.0. The standard InChI is InChI=1S/C48H31ClN2.S8/c49-40-30-38(43-13-5-3-11-41(43)32-17-21-36(22-18-32)47-27-25-34-9-1-7-15-45(34)50-47)29-39(31-40)44-14-6-4-12-42(44)33-19-23-37(24-20-33)48-28-26-35-10-2-8-16-46(35)51-48;1-3-5-7-8-6-4-2/h1-31H;. The molecule has 0 saturated heterocycles. The summed E-state index contributed by atoms with van der Waals surface area (Å²) in [5, 5.41) is 2.98. The normalized spacial score (nSPS) is 10.6. The van der Waals surface area contributed by atoms with Crippen LogP contribution in [0.15, 0.2) is 188 Å². The molecule has 7 aromatic carbocycles. The molecule has 2 heterocycles. The highest BCUT2D eigenvalue weighted by molar-refractivity contribution is 8.70. The highest BCUT2D eigenvalue weighted by Crippen LogP contribution is 2.40. The molecule has 0 saturated carbocycles. The van der Waals surface area contributed by atoms with Crippen molar-refractivity contribution >= 4 is 109 Å². The van der Waals surface area contributed by atoms with E-state index in [1.165, 1.54) is 17.8 Å². The van der Waals surface area contributed by atoms with Crippen molar-refractivity contribution in [1.29, 1.82) is 0 Å². The van der Waals surface area contributed by atoms with E-state index in [4.69, 9.17) is 21.6 Å².